The van der Waals surface area contributed by atoms with Gasteiger partial charge >= 0.3 is 0 Å². The van der Waals surface area contributed by atoms with Crippen LogP contribution in [0.1, 0.15) is 17.5 Å². The Morgan fingerprint density at radius 2 is 1.76 bits per heavy atom. The largest absolute Gasteiger partial charge is 0.493 e. The molecule has 0 saturated carbocycles. The van der Waals surface area contributed by atoms with Crippen LogP contribution in [0.15, 0.2) is 42.5 Å². The maximum Gasteiger partial charge on any atom is 0.227 e. The van der Waals surface area contributed by atoms with E-state index in [-0.39, 0.29) is 24.6 Å². The van der Waals surface area contributed by atoms with E-state index in [9.17, 15) is 9.18 Å². The van der Waals surface area contributed by atoms with Gasteiger partial charge in [-0.15, -0.1) is 0 Å². The van der Waals surface area contributed by atoms with Gasteiger partial charge in [0.05, 0.1) is 18.7 Å². The third-order valence-electron chi connectivity index (χ3n) is 3.02. The zero-order valence-electron chi connectivity index (χ0n) is 12.2. The van der Waals surface area contributed by atoms with Gasteiger partial charge in [-0.3, -0.25) is 4.79 Å². The highest BCUT2D eigenvalue weighted by Gasteiger charge is 2.07. The summed E-state index contributed by atoms with van der Waals surface area (Å²) < 4.78 is 19.1. The van der Waals surface area contributed by atoms with Crippen molar-refractivity contribution in [1.82, 2.24) is 0 Å². The molecule has 0 saturated heterocycles. The maximum atomic E-state index is 13.6. The Morgan fingerprint density at radius 3 is 2.43 bits per heavy atom. The van der Waals surface area contributed by atoms with Gasteiger partial charge in [0, 0.05) is 0 Å². The summed E-state index contributed by atoms with van der Waals surface area (Å²) in [4.78, 5) is 11.7. The van der Waals surface area contributed by atoms with Crippen LogP contribution in [-0.4, -0.2) is 12.5 Å². The van der Waals surface area contributed by atoms with Crippen LogP contribution in [0.4, 0.5) is 10.1 Å². The van der Waals surface area contributed by atoms with Crippen molar-refractivity contribution in [2.75, 3.05) is 11.9 Å². The van der Waals surface area contributed by atoms with Crippen LogP contribution in [0.2, 0.25) is 0 Å². The zero-order chi connectivity index (χ0) is 15.2. The minimum absolute atomic E-state index is 0.168. The summed E-state index contributed by atoms with van der Waals surface area (Å²) in [5, 5.41) is 2.54. The summed E-state index contributed by atoms with van der Waals surface area (Å²) in [6.07, 6.45) is 0.168. The number of ether oxygens (including phenoxy) is 1. The van der Waals surface area contributed by atoms with Crippen LogP contribution in [-0.2, 0) is 4.79 Å². The minimum atomic E-state index is -0.428. The highest BCUT2D eigenvalue weighted by molar-refractivity contribution is 5.90. The number of halogens is 1. The number of nitrogens with one attached hydrogen (secondary N) is 1. The number of hydrogen-bond donors (Lipinski definition) is 1. The van der Waals surface area contributed by atoms with Crippen LogP contribution >= 0.6 is 0 Å². The second kappa shape index (κ2) is 6.88. The first-order valence-corrected chi connectivity index (χ1v) is 6.80. The quantitative estimate of drug-likeness (QED) is 0.907. The first-order chi connectivity index (χ1) is 10.0. The molecule has 0 radical (unpaired) electrons. The summed E-state index contributed by atoms with van der Waals surface area (Å²) >= 11 is 0. The number of aryl methyl sites for hydroxylation is 2. The molecule has 2 aromatic carbocycles. The first kappa shape index (κ1) is 15.0. The topological polar surface area (TPSA) is 38.3 Å². The number of rotatable bonds is 5. The highest BCUT2D eigenvalue weighted by atomic mass is 19.1. The molecule has 21 heavy (non-hydrogen) atoms. The Labute approximate surface area is 123 Å². The predicted molar refractivity (Wildman–Crippen MR) is 81.1 cm³/mol. The van der Waals surface area contributed by atoms with Crippen LogP contribution in [0, 0.1) is 19.7 Å². The van der Waals surface area contributed by atoms with Gasteiger partial charge in [0.2, 0.25) is 5.91 Å². The Hall–Kier alpha value is -2.36. The predicted octanol–water partition coefficient (Wildman–Crippen LogP) is 3.85. The van der Waals surface area contributed by atoms with E-state index in [0.29, 0.717) is 0 Å². The summed E-state index contributed by atoms with van der Waals surface area (Å²) in [5.41, 5.74) is 2.16. The van der Waals surface area contributed by atoms with E-state index in [0.717, 1.165) is 16.9 Å². The van der Waals surface area contributed by atoms with Crippen LogP contribution < -0.4 is 10.1 Å². The summed E-state index contributed by atoms with van der Waals surface area (Å²) in [5.74, 6) is 0.0163. The lowest BCUT2D eigenvalue weighted by Crippen LogP contribution is -2.16. The lowest BCUT2D eigenvalue weighted by atomic mass is 10.2. The van der Waals surface area contributed by atoms with Crippen molar-refractivity contribution < 1.29 is 13.9 Å². The summed E-state index contributed by atoms with van der Waals surface area (Å²) in [6, 6.07) is 12.3. The van der Waals surface area contributed by atoms with E-state index in [1.165, 1.54) is 6.07 Å². The first-order valence-electron chi connectivity index (χ1n) is 6.80. The lowest BCUT2D eigenvalue weighted by Gasteiger charge is -2.08. The second-order valence-corrected chi connectivity index (χ2v) is 4.94. The number of carbonyl (C=O) groups excluding carboxylic acids is 1. The second-order valence-electron chi connectivity index (χ2n) is 4.94. The van der Waals surface area contributed by atoms with Gasteiger partial charge in [0.1, 0.15) is 11.6 Å². The van der Waals surface area contributed by atoms with Gasteiger partial charge in [0.15, 0.2) is 0 Å². The SMILES string of the molecule is Cc1ccc(OCCC(=O)Nc2ccc(C)cc2F)cc1. The van der Waals surface area contributed by atoms with Crippen molar-refractivity contribution in [2.24, 2.45) is 0 Å². The van der Waals surface area contributed by atoms with Crippen molar-refractivity contribution in [2.45, 2.75) is 20.3 Å². The minimum Gasteiger partial charge on any atom is -0.493 e. The monoisotopic (exact) mass is 287 g/mol. The molecule has 0 spiro atoms. The molecule has 2 rings (SSSR count). The average Bonchev–Trinajstić information content (AvgIpc) is 2.44. The van der Waals surface area contributed by atoms with Gasteiger partial charge < -0.3 is 10.1 Å². The molecule has 0 heterocycles. The molecule has 0 fully saturated rings. The van der Waals surface area contributed by atoms with Crippen molar-refractivity contribution in [3.05, 3.63) is 59.4 Å². The molecule has 2 aromatic rings. The Balaban J connectivity index is 1.81. The van der Waals surface area contributed by atoms with E-state index < -0.39 is 5.82 Å². The van der Waals surface area contributed by atoms with Crippen LogP contribution in [0.3, 0.4) is 0 Å². The molecule has 4 heteroatoms. The van der Waals surface area contributed by atoms with Crippen molar-refractivity contribution in [3.8, 4) is 5.75 Å². The van der Waals surface area contributed by atoms with Crippen molar-refractivity contribution in [1.29, 1.82) is 0 Å². The third-order valence-corrected chi connectivity index (χ3v) is 3.02. The van der Waals surface area contributed by atoms with Gasteiger partial charge in [-0.05, 0) is 43.7 Å². The fraction of sp³-hybridized carbons (Fsp3) is 0.235. The molecule has 0 bridgehead atoms. The Bertz CT molecular complexity index is 623. The number of benzene rings is 2. The maximum absolute atomic E-state index is 13.6. The molecule has 110 valence electrons. The number of hydrogen-bond acceptors (Lipinski definition) is 2. The Morgan fingerprint density at radius 1 is 1.10 bits per heavy atom. The van der Waals surface area contributed by atoms with E-state index in [1.807, 2.05) is 31.2 Å². The fourth-order valence-electron chi connectivity index (χ4n) is 1.83. The molecular weight excluding hydrogens is 269 g/mol. The van der Waals surface area contributed by atoms with Crippen molar-refractivity contribution >= 4 is 11.6 Å². The lowest BCUT2D eigenvalue weighted by molar-refractivity contribution is -0.116. The van der Waals surface area contributed by atoms with Gasteiger partial charge in [-0.1, -0.05) is 23.8 Å². The third kappa shape index (κ3) is 4.60. The van der Waals surface area contributed by atoms with E-state index in [2.05, 4.69) is 5.32 Å². The van der Waals surface area contributed by atoms with Crippen LogP contribution in [0.25, 0.3) is 0 Å². The molecule has 0 aliphatic carbocycles. The van der Waals surface area contributed by atoms with E-state index in [4.69, 9.17) is 4.74 Å². The molecule has 0 aliphatic heterocycles. The molecule has 0 aliphatic rings. The van der Waals surface area contributed by atoms with E-state index in [1.54, 1.807) is 19.1 Å². The summed E-state index contributed by atoms with van der Waals surface area (Å²) in [6.45, 7) is 4.04. The summed E-state index contributed by atoms with van der Waals surface area (Å²) in [7, 11) is 0. The standard InChI is InChI=1S/C17H18FNO2/c1-12-3-6-14(7-4-12)21-10-9-17(20)19-16-8-5-13(2)11-15(16)18/h3-8,11H,9-10H2,1-2H3,(H,19,20). The molecule has 1 N–H and O–H groups in total. The van der Waals surface area contributed by atoms with Gasteiger partial charge in [-0.25, -0.2) is 4.39 Å². The molecule has 3 nitrogen and oxygen atoms in total. The molecule has 0 unspecified atom stereocenters. The van der Waals surface area contributed by atoms with Crippen LogP contribution in [0.5, 0.6) is 5.75 Å². The average molecular weight is 287 g/mol. The number of anilines is 1. The molecular formula is C17H18FNO2. The number of carbonyl (C=O) groups is 1. The normalized spacial score (nSPS) is 10.2. The molecule has 1 amide bonds. The fourth-order valence-corrected chi connectivity index (χ4v) is 1.83. The molecule has 0 aromatic heterocycles. The smallest absolute Gasteiger partial charge is 0.227 e. The highest BCUT2D eigenvalue weighted by Crippen LogP contribution is 2.16. The number of amides is 1. The van der Waals surface area contributed by atoms with Gasteiger partial charge in [-0.2, -0.15) is 0 Å². The van der Waals surface area contributed by atoms with E-state index >= 15 is 0 Å². The molecule has 0 atom stereocenters. The zero-order valence-corrected chi connectivity index (χ0v) is 12.2. The van der Waals surface area contributed by atoms with Gasteiger partial charge in [0.25, 0.3) is 0 Å². The Kier molecular flexibility index (Phi) is 4.93. The van der Waals surface area contributed by atoms with Crippen molar-refractivity contribution in [3.63, 3.8) is 0 Å².